The highest BCUT2D eigenvalue weighted by Gasteiger charge is 2.06. The molecule has 0 saturated heterocycles. The second-order valence-corrected chi connectivity index (χ2v) is 4.84. The first kappa shape index (κ1) is 13.0. The Morgan fingerprint density at radius 1 is 1.26 bits per heavy atom. The lowest BCUT2D eigenvalue weighted by Gasteiger charge is -1.94. The highest BCUT2D eigenvalue weighted by atomic mass is 32.1. The van der Waals surface area contributed by atoms with Crippen molar-refractivity contribution in [3.8, 4) is 23.4 Å². The molecular weight excluding hydrogens is 254 g/mol. The van der Waals surface area contributed by atoms with Crippen molar-refractivity contribution >= 4 is 23.0 Å². The fraction of sp³-hybridized carbons (Fsp3) is 0.133. The van der Waals surface area contributed by atoms with E-state index >= 15 is 0 Å². The van der Waals surface area contributed by atoms with Crippen molar-refractivity contribution in [2.45, 2.75) is 13.3 Å². The zero-order chi connectivity index (χ0) is 13.7. The van der Waals surface area contributed by atoms with Crippen molar-refractivity contribution in [2.24, 2.45) is 0 Å². The Morgan fingerprint density at radius 3 is 2.53 bits per heavy atom. The average molecular weight is 265 g/mol. The molecule has 2 rings (SSSR count). The molecule has 3 nitrogen and oxygen atoms in total. The van der Waals surface area contributed by atoms with Crippen LogP contribution in [0, 0.1) is 22.7 Å². The Morgan fingerprint density at radius 2 is 1.95 bits per heavy atom. The second-order valence-electron chi connectivity index (χ2n) is 3.81. The van der Waals surface area contributed by atoms with E-state index in [-0.39, 0.29) is 5.57 Å². The molecule has 4 heteroatoms. The normalized spacial score (nSPS) is 10.8. The summed E-state index contributed by atoms with van der Waals surface area (Å²) in [6, 6.07) is 13.6. The number of nitrogens with zero attached hydrogens (tertiary/aromatic N) is 3. The molecule has 0 bridgehead atoms. The van der Waals surface area contributed by atoms with E-state index in [4.69, 9.17) is 10.5 Å². The van der Waals surface area contributed by atoms with Gasteiger partial charge in [-0.15, -0.1) is 11.3 Å². The van der Waals surface area contributed by atoms with Crippen LogP contribution in [-0.4, -0.2) is 4.98 Å². The van der Waals surface area contributed by atoms with Crippen molar-refractivity contribution in [2.75, 3.05) is 0 Å². The smallest absolute Gasteiger partial charge is 0.165 e. The predicted molar refractivity (Wildman–Crippen MR) is 76.2 cm³/mol. The summed E-state index contributed by atoms with van der Waals surface area (Å²) < 4.78 is 1.50. The molecule has 1 heterocycles. The van der Waals surface area contributed by atoms with Crippen molar-refractivity contribution in [1.82, 2.24) is 4.98 Å². The summed E-state index contributed by atoms with van der Waals surface area (Å²) in [5.74, 6) is 0. The fourth-order valence-corrected chi connectivity index (χ4v) is 2.73. The molecule has 0 unspecified atom stereocenters. The monoisotopic (exact) mass is 265 g/mol. The number of rotatable bonds is 2. The topological polar surface area (TPSA) is 60.5 Å². The highest BCUT2D eigenvalue weighted by Crippen LogP contribution is 2.12. The number of nitriles is 2. The number of hydrogen-bond acceptors (Lipinski definition) is 4. The van der Waals surface area contributed by atoms with Gasteiger partial charge in [-0.05, 0) is 6.42 Å². The van der Waals surface area contributed by atoms with E-state index in [1.54, 1.807) is 0 Å². The van der Waals surface area contributed by atoms with Crippen molar-refractivity contribution in [3.05, 3.63) is 39.5 Å². The first-order valence-corrected chi connectivity index (χ1v) is 6.68. The Labute approximate surface area is 115 Å². The molecular formula is C15H11N3S. The first-order valence-electron chi connectivity index (χ1n) is 5.87. The van der Waals surface area contributed by atoms with Gasteiger partial charge in [-0.3, -0.25) is 0 Å². The minimum atomic E-state index is 0.0675. The molecule has 0 aliphatic rings. The van der Waals surface area contributed by atoms with E-state index in [1.165, 1.54) is 11.3 Å². The Balaban J connectivity index is 2.77. The molecule has 0 radical (unpaired) electrons. The molecule has 0 atom stereocenters. The number of thiazole rings is 1. The van der Waals surface area contributed by atoms with E-state index in [0.717, 1.165) is 22.2 Å². The molecule has 0 amide bonds. The lowest BCUT2D eigenvalue weighted by atomic mass is 10.1. The summed E-state index contributed by atoms with van der Waals surface area (Å²) in [5, 5.41) is 17.9. The number of benzene rings is 1. The Bertz CT molecular complexity index is 758. The quantitative estimate of drug-likeness (QED) is 0.836. The SMILES string of the molecule is CC/C=c1\sc(=C(C#N)C#N)nc1-c1ccccc1. The summed E-state index contributed by atoms with van der Waals surface area (Å²) in [6.07, 6.45) is 2.95. The minimum absolute atomic E-state index is 0.0675. The number of aromatic nitrogens is 1. The van der Waals surface area contributed by atoms with Crippen LogP contribution in [0.5, 0.6) is 0 Å². The molecule has 0 aliphatic carbocycles. The van der Waals surface area contributed by atoms with E-state index < -0.39 is 0 Å². The molecule has 2 aromatic rings. The minimum Gasteiger partial charge on any atom is -0.234 e. The van der Waals surface area contributed by atoms with E-state index in [0.29, 0.717) is 4.66 Å². The van der Waals surface area contributed by atoms with Gasteiger partial charge in [0.05, 0.1) is 10.2 Å². The van der Waals surface area contributed by atoms with Crippen LogP contribution in [-0.2, 0) is 0 Å². The fourth-order valence-electron chi connectivity index (χ4n) is 1.69. The molecule has 92 valence electrons. The van der Waals surface area contributed by atoms with E-state index in [9.17, 15) is 0 Å². The highest BCUT2D eigenvalue weighted by molar-refractivity contribution is 7.07. The third-order valence-corrected chi connectivity index (χ3v) is 3.60. The molecule has 0 spiro atoms. The molecule has 0 N–H and O–H groups in total. The summed E-state index contributed by atoms with van der Waals surface area (Å²) in [5.41, 5.74) is 1.91. The van der Waals surface area contributed by atoms with Crippen LogP contribution in [0.1, 0.15) is 13.3 Å². The lowest BCUT2D eigenvalue weighted by molar-refractivity contribution is 1.28. The van der Waals surface area contributed by atoms with Gasteiger partial charge in [0.15, 0.2) is 5.57 Å². The second kappa shape index (κ2) is 5.95. The van der Waals surface area contributed by atoms with Crippen molar-refractivity contribution < 1.29 is 0 Å². The van der Waals surface area contributed by atoms with E-state index in [1.807, 2.05) is 49.4 Å². The standard InChI is InChI=1S/C15H11N3S/c1-2-6-13-14(11-7-4-3-5-8-11)18-15(19-13)12(9-16)10-17/h3-8H,2H2,1H3/b13-6-. The maximum atomic E-state index is 8.93. The maximum Gasteiger partial charge on any atom is 0.165 e. The molecule has 0 aliphatic heterocycles. The number of hydrogen-bond donors (Lipinski definition) is 0. The van der Waals surface area contributed by atoms with Crippen LogP contribution in [0.3, 0.4) is 0 Å². The van der Waals surface area contributed by atoms with Crippen LogP contribution < -0.4 is 9.20 Å². The zero-order valence-electron chi connectivity index (χ0n) is 10.4. The van der Waals surface area contributed by atoms with Gasteiger partial charge in [0, 0.05) is 5.56 Å². The van der Waals surface area contributed by atoms with Gasteiger partial charge in [0.1, 0.15) is 16.8 Å². The van der Waals surface area contributed by atoms with E-state index in [2.05, 4.69) is 11.1 Å². The van der Waals surface area contributed by atoms with Crippen molar-refractivity contribution in [1.29, 1.82) is 10.5 Å². The molecule has 1 aromatic heterocycles. The summed E-state index contributed by atoms with van der Waals surface area (Å²) in [6.45, 7) is 2.05. The molecule has 0 fully saturated rings. The molecule has 0 saturated carbocycles. The third kappa shape index (κ3) is 2.70. The molecule has 1 aromatic carbocycles. The van der Waals surface area contributed by atoms with Gasteiger partial charge in [-0.1, -0.05) is 43.3 Å². The zero-order valence-corrected chi connectivity index (χ0v) is 11.2. The summed E-state index contributed by atoms with van der Waals surface area (Å²) >= 11 is 1.39. The van der Waals surface area contributed by atoms with Gasteiger partial charge in [0.25, 0.3) is 0 Å². The Hall–Kier alpha value is -2.43. The van der Waals surface area contributed by atoms with Crippen LogP contribution in [0.25, 0.3) is 22.9 Å². The predicted octanol–water partition coefficient (Wildman–Crippen LogP) is 2.20. The van der Waals surface area contributed by atoms with Crippen LogP contribution >= 0.6 is 11.3 Å². The van der Waals surface area contributed by atoms with Gasteiger partial charge in [-0.25, -0.2) is 4.98 Å². The largest absolute Gasteiger partial charge is 0.234 e. The van der Waals surface area contributed by atoms with Crippen LogP contribution in [0.4, 0.5) is 0 Å². The Kier molecular flexibility index (Phi) is 4.07. The summed E-state index contributed by atoms with van der Waals surface area (Å²) in [7, 11) is 0. The van der Waals surface area contributed by atoms with Gasteiger partial charge >= 0.3 is 0 Å². The van der Waals surface area contributed by atoms with Crippen LogP contribution in [0.2, 0.25) is 0 Å². The first-order chi connectivity index (χ1) is 9.30. The lowest BCUT2D eigenvalue weighted by Crippen LogP contribution is -2.01. The van der Waals surface area contributed by atoms with Gasteiger partial charge in [-0.2, -0.15) is 10.5 Å². The average Bonchev–Trinajstić information content (AvgIpc) is 2.86. The molecule has 19 heavy (non-hydrogen) atoms. The van der Waals surface area contributed by atoms with Crippen molar-refractivity contribution in [3.63, 3.8) is 0 Å². The maximum absolute atomic E-state index is 8.93. The third-order valence-electron chi connectivity index (χ3n) is 2.53. The van der Waals surface area contributed by atoms with Crippen LogP contribution in [0.15, 0.2) is 30.3 Å². The van der Waals surface area contributed by atoms with Gasteiger partial charge < -0.3 is 0 Å². The summed E-state index contributed by atoms with van der Waals surface area (Å²) in [4.78, 5) is 4.45. The van der Waals surface area contributed by atoms with Gasteiger partial charge in [0.2, 0.25) is 0 Å².